The third kappa shape index (κ3) is 4.71. The number of fused-ring (bicyclic) bond motifs is 1. The summed E-state index contributed by atoms with van der Waals surface area (Å²) in [4.78, 5) is 16.5. The third-order valence-corrected chi connectivity index (χ3v) is 6.94. The Kier molecular flexibility index (Phi) is 6.16. The van der Waals surface area contributed by atoms with Crippen molar-refractivity contribution in [2.45, 2.75) is 46.6 Å². The van der Waals surface area contributed by atoms with Crippen LogP contribution in [0.15, 0.2) is 41.8 Å². The second kappa shape index (κ2) is 8.83. The molecule has 1 amide bonds. The molecular weight excluding hydrogens is 412 g/mol. The SMILES string of the molecule is Cc1cc(Cl)cc(CCC(=O)Nc2c(C)cc(N3CCc4sccc4C3)cc2C)c1. The van der Waals surface area contributed by atoms with Gasteiger partial charge >= 0.3 is 0 Å². The number of carbonyl (C=O) groups excluding carboxylic acids is 1. The van der Waals surface area contributed by atoms with E-state index in [1.165, 1.54) is 16.1 Å². The van der Waals surface area contributed by atoms with Gasteiger partial charge in [0.25, 0.3) is 0 Å². The Hall–Kier alpha value is -2.30. The summed E-state index contributed by atoms with van der Waals surface area (Å²) in [5.74, 6) is 0.0347. The fraction of sp³-hybridized carbons (Fsp3) is 0.320. The summed E-state index contributed by atoms with van der Waals surface area (Å²) in [6.45, 7) is 8.17. The lowest BCUT2D eigenvalue weighted by Gasteiger charge is -2.30. The average Bonchev–Trinajstić information content (AvgIpc) is 3.16. The van der Waals surface area contributed by atoms with Crippen LogP contribution >= 0.6 is 22.9 Å². The molecule has 4 rings (SSSR count). The predicted octanol–water partition coefficient (Wildman–Crippen LogP) is 6.46. The van der Waals surface area contributed by atoms with Gasteiger partial charge in [-0.25, -0.2) is 0 Å². The van der Waals surface area contributed by atoms with Crippen molar-refractivity contribution in [2.75, 3.05) is 16.8 Å². The van der Waals surface area contributed by atoms with Crippen LogP contribution in [0.3, 0.4) is 0 Å². The Morgan fingerprint density at radius 1 is 1.13 bits per heavy atom. The molecule has 0 saturated heterocycles. The average molecular weight is 439 g/mol. The van der Waals surface area contributed by atoms with Gasteiger partial charge in [0, 0.05) is 40.8 Å². The quantitative estimate of drug-likeness (QED) is 0.495. The van der Waals surface area contributed by atoms with Crippen LogP contribution in [0.25, 0.3) is 0 Å². The first-order valence-corrected chi connectivity index (χ1v) is 11.6. The summed E-state index contributed by atoms with van der Waals surface area (Å²) in [6, 6.07) is 12.6. The molecule has 0 aliphatic carbocycles. The van der Waals surface area contributed by atoms with E-state index in [1.807, 2.05) is 30.4 Å². The Morgan fingerprint density at radius 2 is 1.90 bits per heavy atom. The number of halogens is 1. The Labute approximate surface area is 187 Å². The van der Waals surface area contributed by atoms with E-state index in [0.29, 0.717) is 12.8 Å². The van der Waals surface area contributed by atoms with Crippen molar-refractivity contribution in [1.82, 2.24) is 0 Å². The highest BCUT2D eigenvalue weighted by Crippen LogP contribution is 2.32. The molecule has 1 N–H and O–H groups in total. The summed E-state index contributed by atoms with van der Waals surface area (Å²) in [5.41, 5.74) is 8.02. The second-order valence-corrected chi connectivity index (χ2v) is 9.62. The molecule has 0 fully saturated rings. The molecule has 156 valence electrons. The van der Waals surface area contributed by atoms with Crippen molar-refractivity contribution < 1.29 is 4.79 Å². The number of rotatable bonds is 5. The molecule has 0 saturated carbocycles. The van der Waals surface area contributed by atoms with E-state index in [-0.39, 0.29) is 5.91 Å². The number of thiophene rings is 1. The molecule has 0 spiro atoms. The number of amides is 1. The van der Waals surface area contributed by atoms with E-state index < -0.39 is 0 Å². The molecule has 1 aliphatic rings. The van der Waals surface area contributed by atoms with Gasteiger partial charge in [-0.15, -0.1) is 11.3 Å². The number of carbonyl (C=O) groups is 1. The fourth-order valence-electron chi connectivity index (χ4n) is 4.21. The van der Waals surface area contributed by atoms with Crippen molar-refractivity contribution in [1.29, 1.82) is 0 Å². The van der Waals surface area contributed by atoms with Crippen molar-refractivity contribution >= 4 is 40.2 Å². The summed E-state index contributed by atoms with van der Waals surface area (Å²) in [5, 5.41) is 6.04. The molecule has 2 heterocycles. The number of hydrogen-bond donors (Lipinski definition) is 1. The van der Waals surface area contributed by atoms with Crippen LogP contribution in [0.4, 0.5) is 11.4 Å². The van der Waals surface area contributed by atoms with Gasteiger partial charge in [0.05, 0.1) is 0 Å². The zero-order valence-electron chi connectivity index (χ0n) is 17.7. The Balaban J connectivity index is 1.42. The molecule has 2 aromatic carbocycles. The van der Waals surface area contributed by atoms with Crippen LogP contribution in [0.1, 0.15) is 39.1 Å². The standard InChI is InChI=1S/C25H27ClN2OS/c1-16-10-19(14-21(26)11-16)4-5-24(29)27-25-17(2)12-22(13-18(25)3)28-8-6-23-20(15-28)7-9-30-23/h7,9-14H,4-6,8,15H2,1-3H3,(H,27,29). The molecule has 0 radical (unpaired) electrons. The normalized spacial score (nSPS) is 13.3. The minimum atomic E-state index is 0.0347. The highest BCUT2D eigenvalue weighted by Gasteiger charge is 2.19. The minimum Gasteiger partial charge on any atom is -0.367 e. The number of nitrogens with one attached hydrogen (secondary N) is 1. The fourth-order valence-corrected chi connectivity index (χ4v) is 5.41. The molecule has 3 nitrogen and oxygen atoms in total. The summed E-state index contributed by atoms with van der Waals surface area (Å²) < 4.78 is 0. The van der Waals surface area contributed by atoms with Crippen LogP contribution in [0.5, 0.6) is 0 Å². The van der Waals surface area contributed by atoms with Gasteiger partial charge in [0.1, 0.15) is 0 Å². The molecule has 1 aliphatic heterocycles. The number of benzene rings is 2. The number of hydrogen-bond acceptors (Lipinski definition) is 3. The van der Waals surface area contributed by atoms with E-state index in [1.54, 1.807) is 0 Å². The van der Waals surface area contributed by atoms with E-state index in [2.05, 4.69) is 53.7 Å². The molecule has 0 unspecified atom stereocenters. The molecule has 0 bridgehead atoms. The summed E-state index contributed by atoms with van der Waals surface area (Å²) in [6.07, 6.45) is 2.22. The summed E-state index contributed by atoms with van der Waals surface area (Å²) >= 11 is 7.99. The Morgan fingerprint density at radius 3 is 2.63 bits per heavy atom. The first-order valence-electron chi connectivity index (χ1n) is 10.4. The number of aryl methyl sites for hydroxylation is 4. The van der Waals surface area contributed by atoms with Gasteiger partial charge < -0.3 is 10.2 Å². The Bertz CT molecular complexity index is 1050. The maximum Gasteiger partial charge on any atom is 0.224 e. The lowest BCUT2D eigenvalue weighted by Crippen LogP contribution is -2.29. The molecule has 1 aromatic heterocycles. The van der Waals surface area contributed by atoms with Crippen LogP contribution < -0.4 is 10.2 Å². The topological polar surface area (TPSA) is 32.3 Å². The van der Waals surface area contributed by atoms with E-state index in [0.717, 1.165) is 52.5 Å². The smallest absolute Gasteiger partial charge is 0.224 e. The third-order valence-electron chi connectivity index (χ3n) is 5.70. The number of anilines is 2. The van der Waals surface area contributed by atoms with Crippen LogP contribution in [0, 0.1) is 20.8 Å². The van der Waals surface area contributed by atoms with Gasteiger partial charge in [-0.1, -0.05) is 17.7 Å². The van der Waals surface area contributed by atoms with Crippen molar-refractivity contribution in [3.63, 3.8) is 0 Å². The van der Waals surface area contributed by atoms with Crippen molar-refractivity contribution in [3.8, 4) is 0 Å². The van der Waals surface area contributed by atoms with Gasteiger partial charge in [-0.05, 0) is 97.1 Å². The second-order valence-electron chi connectivity index (χ2n) is 8.18. The highest BCUT2D eigenvalue weighted by molar-refractivity contribution is 7.10. The maximum atomic E-state index is 12.6. The minimum absolute atomic E-state index is 0.0347. The molecule has 3 aromatic rings. The van der Waals surface area contributed by atoms with Crippen molar-refractivity contribution in [3.05, 3.63) is 79.5 Å². The van der Waals surface area contributed by atoms with Gasteiger partial charge in [-0.3, -0.25) is 4.79 Å². The molecule has 0 atom stereocenters. The number of nitrogens with zero attached hydrogens (tertiary/aromatic N) is 1. The van der Waals surface area contributed by atoms with E-state index in [4.69, 9.17) is 11.6 Å². The van der Waals surface area contributed by atoms with Crippen LogP contribution in [-0.4, -0.2) is 12.5 Å². The van der Waals surface area contributed by atoms with E-state index >= 15 is 0 Å². The predicted molar refractivity (Wildman–Crippen MR) is 128 cm³/mol. The zero-order valence-corrected chi connectivity index (χ0v) is 19.3. The van der Waals surface area contributed by atoms with Gasteiger partial charge in [-0.2, -0.15) is 0 Å². The monoisotopic (exact) mass is 438 g/mol. The molecular formula is C25H27ClN2OS. The van der Waals surface area contributed by atoms with Gasteiger partial charge in [0.2, 0.25) is 5.91 Å². The zero-order chi connectivity index (χ0) is 21.3. The first-order chi connectivity index (χ1) is 14.4. The molecule has 30 heavy (non-hydrogen) atoms. The lowest BCUT2D eigenvalue weighted by atomic mass is 10.0. The summed E-state index contributed by atoms with van der Waals surface area (Å²) in [7, 11) is 0. The maximum absolute atomic E-state index is 12.6. The highest BCUT2D eigenvalue weighted by atomic mass is 35.5. The lowest BCUT2D eigenvalue weighted by molar-refractivity contribution is -0.116. The van der Waals surface area contributed by atoms with Crippen LogP contribution in [-0.2, 0) is 24.2 Å². The van der Waals surface area contributed by atoms with Crippen molar-refractivity contribution in [2.24, 2.45) is 0 Å². The molecule has 5 heteroatoms. The first kappa shape index (κ1) is 21.0. The van der Waals surface area contributed by atoms with E-state index in [9.17, 15) is 4.79 Å². The van der Waals surface area contributed by atoms with Gasteiger partial charge in [0.15, 0.2) is 0 Å². The largest absolute Gasteiger partial charge is 0.367 e. The van der Waals surface area contributed by atoms with Crippen LogP contribution in [0.2, 0.25) is 5.02 Å².